The largest absolute Gasteiger partial charge is 0.398 e. The highest BCUT2D eigenvalue weighted by Gasteiger charge is 2.18. The minimum atomic E-state index is -3.66. The summed E-state index contributed by atoms with van der Waals surface area (Å²) < 4.78 is 26.2. The van der Waals surface area contributed by atoms with E-state index in [4.69, 9.17) is 23.8 Å². The Balaban J connectivity index is 3.06. The second-order valence-electron chi connectivity index (χ2n) is 3.43. The Kier molecular flexibility index (Phi) is 4.40. The minimum Gasteiger partial charge on any atom is -0.398 e. The molecule has 1 rings (SSSR count). The second-order valence-corrected chi connectivity index (χ2v) is 5.55. The van der Waals surface area contributed by atoms with Gasteiger partial charge in [-0.15, -0.1) is 6.42 Å². The van der Waals surface area contributed by atoms with E-state index in [0.717, 1.165) is 0 Å². The number of anilines is 1. The number of halogens is 1. The molecule has 0 aliphatic heterocycles. The summed E-state index contributed by atoms with van der Waals surface area (Å²) >= 11 is 5.77. The zero-order chi connectivity index (χ0) is 13.1. The van der Waals surface area contributed by atoms with Crippen LogP contribution in [0.1, 0.15) is 13.3 Å². The normalized spacial score (nSPS) is 13.0. The molecule has 0 fully saturated rings. The van der Waals surface area contributed by atoms with Gasteiger partial charge in [0.15, 0.2) is 0 Å². The van der Waals surface area contributed by atoms with Gasteiger partial charge < -0.3 is 5.73 Å². The van der Waals surface area contributed by atoms with E-state index >= 15 is 0 Å². The highest BCUT2D eigenvalue weighted by atomic mass is 35.5. The molecule has 6 heteroatoms. The SMILES string of the molecule is C#CC(CC)NS(=O)(=O)c1ccc(N)c(Cl)c1. The van der Waals surface area contributed by atoms with E-state index in [1.165, 1.54) is 18.2 Å². The van der Waals surface area contributed by atoms with E-state index in [1.54, 1.807) is 6.92 Å². The van der Waals surface area contributed by atoms with Gasteiger partial charge in [0.1, 0.15) is 0 Å². The summed E-state index contributed by atoms with van der Waals surface area (Å²) in [6, 6.07) is 3.58. The lowest BCUT2D eigenvalue weighted by Crippen LogP contribution is -2.33. The molecule has 0 aliphatic rings. The fourth-order valence-electron chi connectivity index (χ4n) is 1.17. The molecule has 0 heterocycles. The number of nitrogens with one attached hydrogen (secondary N) is 1. The first-order valence-corrected chi connectivity index (χ1v) is 6.80. The lowest BCUT2D eigenvalue weighted by molar-refractivity contribution is 0.570. The van der Waals surface area contributed by atoms with Crippen molar-refractivity contribution in [2.75, 3.05) is 5.73 Å². The maximum absolute atomic E-state index is 11.9. The van der Waals surface area contributed by atoms with Crippen molar-refractivity contribution in [1.29, 1.82) is 0 Å². The summed E-state index contributed by atoms with van der Waals surface area (Å²) in [4.78, 5) is 0.0467. The summed E-state index contributed by atoms with van der Waals surface area (Å²) in [6.45, 7) is 1.79. The quantitative estimate of drug-likeness (QED) is 0.646. The van der Waals surface area contributed by atoms with Crippen LogP contribution in [0, 0.1) is 12.3 Å². The van der Waals surface area contributed by atoms with Gasteiger partial charge in [0.25, 0.3) is 0 Å². The van der Waals surface area contributed by atoms with E-state index in [-0.39, 0.29) is 9.92 Å². The average molecular weight is 273 g/mol. The molecule has 0 aromatic heterocycles. The highest BCUT2D eigenvalue weighted by Crippen LogP contribution is 2.22. The van der Waals surface area contributed by atoms with Crippen molar-refractivity contribution in [2.24, 2.45) is 0 Å². The first-order chi connectivity index (χ1) is 7.90. The summed E-state index contributed by atoms with van der Waals surface area (Å²) in [7, 11) is -3.66. The molecule has 0 saturated heterocycles. The molecule has 0 saturated carbocycles. The first kappa shape index (κ1) is 13.8. The third-order valence-corrected chi connectivity index (χ3v) is 3.99. The van der Waals surface area contributed by atoms with Crippen LogP contribution in [0.15, 0.2) is 23.1 Å². The van der Waals surface area contributed by atoms with Gasteiger partial charge in [-0.25, -0.2) is 8.42 Å². The summed E-state index contributed by atoms with van der Waals surface area (Å²) in [6.07, 6.45) is 5.71. The zero-order valence-electron chi connectivity index (χ0n) is 9.27. The number of terminal acetylenes is 1. The van der Waals surface area contributed by atoms with Crippen molar-refractivity contribution in [1.82, 2.24) is 4.72 Å². The Morgan fingerprint density at radius 3 is 2.71 bits per heavy atom. The van der Waals surface area contributed by atoms with Crippen molar-refractivity contribution in [3.8, 4) is 12.3 Å². The molecule has 0 aliphatic carbocycles. The van der Waals surface area contributed by atoms with Crippen molar-refractivity contribution in [2.45, 2.75) is 24.3 Å². The molecule has 0 bridgehead atoms. The van der Waals surface area contributed by atoms with E-state index in [1.807, 2.05) is 0 Å². The minimum absolute atomic E-state index is 0.0467. The zero-order valence-corrected chi connectivity index (χ0v) is 10.8. The smallest absolute Gasteiger partial charge is 0.241 e. The Morgan fingerprint density at radius 2 is 2.24 bits per heavy atom. The number of rotatable bonds is 4. The van der Waals surface area contributed by atoms with E-state index in [2.05, 4.69) is 10.6 Å². The van der Waals surface area contributed by atoms with E-state index in [0.29, 0.717) is 12.1 Å². The summed E-state index contributed by atoms with van der Waals surface area (Å²) in [5, 5.41) is 0.196. The maximum atomic E-state index is 11.9. The molecule has 1 unspecified atom stereocenters. The number of nitrogens with two attached hydrogens (primary N) is 1. The van der Waals surface area contributed by atoms with Gasteiger partial charge in [-0.3, -0.25) is 0 Å². The molecular formula is C11H13ClN2O2S. The Bertz CT molecular complexity index is 549. The van der Waals surface area contributed by atoms with Gasteiger partial charge in [0.2, 0.25) is 10.0 Å². The van der Waals surface area contributed by atoms with Gasteiger partial charge in [0, 0.05) is 0 Å². The Hall–Kier alpha value is -1.22. The van der Waals surface area contributed by atoms with Gasteiger partial charge >= 0.3 is 0 Å². The molecule has 0 amide bonds. The predicted octanol–water partition coefficient (Wildman–Crippen LogP) is 1.61. The predicted molar refractivity (Wildman–Crippen MR) is 69.1 cm³/mol. The molecule has 17 heavy (non-hydrogen) atoms. The number of hydrogen-bond acceptors (Lipinski definition) is 3. The van der Waals surface area contributed by atoms with Crippen molar-refractivity contribution in [3.05, 3.63) is 23.2 Å². The maximum Gasteiger partial charge on any atom is 0.241 e. The second kappa shape index (κ2) is 5.41. The fourth-order valence-corrected chi connectivity index (χ4v) is 2.68. The van der Waals surface area contributed by atoms with E-state index < -0.39 is 16.1 Å². The van der Waals surface area contributed by atoms with Crippen LogP contribution in [0.4, 0.5) is 5.69 Å². The molecule has 1 aromatic carbocycles. The highest BCUT2D eigenvalue weighted by molar-refractivity contribution is 7.89. The Morgan fingerprint density at radius 1 is 1.59 bits per heavy atom. The molecular weight excluding hydrogens is 260 g/mol. The van der Waals surface area contributed by atoms with Crippen LogP contribution < -0.4 is 10.5 Å². The van der Waals surface area contributed by atoms with Crippen LogP contribution in [0.5, 0.6) is 0 Å². The van der Waals surface area contributed by atoms with Gasteiger partial charge in [-0.05, 0) is 24.6 Å². The van der Waals surface area contributed by atoms with Crippen LogP contribution >= 0.6 is 11.6 Å². The number of benzene rings is 1. The monoisotopic (exact) mass is 272 g/mol. The summed E-state index contributed by atoms with van der Waals surface area (Å²) in [5.41, 5.74) is 5.83. The van der Waals surface area contributed by atoms with Crippen LogP contribution in [-0.4, -0.2) is 14.5 Å². The molecule has 0 spiro atoms. The van der Waals surface area contributed by atoms with Crippen LogP contribution in [-0.2, 0) is 10.0 Å². The van der Waals surface area contributed by atoms with Crippen LogP contribution in [0.25, 0.3) is 0 Å². The number of sulfonamides is 1. The third-order valence-electron chi connectivity index (χ3n) is 2.19. The fraction of sp³-hybridized carbons (Fsp3) is 0.273. The molecule has 3 N–H and O–H groups in total. The van der Waals surface area contributed by atoms with Crippen molar-refractivity contribution >= 4 is 27.3 Å². The average Bonchev–Trinajstić information content (AvgIpc) is 2.29. The topological polar surface area (TPSA) is 72.2 Å². The first-order valence-electron chi connectivity index (χ1n) is 4.94. The van der Waals surface area contributed by atoms with E-state index in [9.17, 15) is 8.42 Å². The molecule has 1 atom stereocenters. The lowest BCUT2D eigenvalue weighted by Gasteiger charge is -2.11. The molecule has 92 valence electrons. The standard InChI is InChI=1S/C11H13ClN2O2S/c1-3-8(4-2)14-17(15,16)9-5-6-11(13)10(12)7-9/h1,5-8,14H,4,13H2,2H3. The van der Waals surface area contributed by atoms with Crippen LogP contribution in [0.2, 0.25) is 5.02 Å². The Labute approximate surface area is 106 Å². The molecule has 4 nitrogen and oxygen atoms in total. The van der Waals surface area contributed by atoms with Crippen molar-refractivity contribution < 1.29 is 8.42 Å². The number of hydrogen-bond donors (Lipinski definition) is 2. The van der Waals surface area contributed by atoms with Crippen LogP contribution in [0.3, 0.4) is 0 Å². The molecule has 0 radical (unpaired) electrons. The lowest BCUT2D eigenvalue weighted by atomic mass is 10.3. The molecule has 1 aromatic rings. The summed E-state index contributed by atoms with van der Waals surface area (Å²) in [5.74, 6) is 2.36. The van der Waals surface area contributed by atoms with Gasteiger partial charge in [-0.2, -0.15) is 4.72 Å². The van der Waals surface area contributed by atoms with Gasteiger partial charge in [0.05, 0.1) is 21.6 Å². The third kappa shape index (κ3) is 3.37. The number of nitrogen functional groups attached to an aromatic ring is 1. The van der Waals surface area contributed by atoms with Crippen molar-refractivity contribution in [3.63, 3.8) is 0 Å². The van der Waals surface area contributed by atoms with Gasteiger partial charge in [-0.1, -0.05) is 24.4 Å².